The summed E-state index contributed by atoms with van der Waals surface area (Å²) in [7, 11) is 1.31. The van der Waals surface area contributed by atoms with Crippen LogP contribution in [0.2, 0.25) is 0 Å². The van der Waals surface area contributed by atoms with Gasteiger partial charge in [-0.25, -0.2) is 4.79 Å². The van der Waals surface area contributed by atoms with Gasteiger partial charge in [-0.05, 0) is 36.3 Å². The van der Waals surface area contributed by atoms with Gasteiger partial charge in [0.05, 0.1) is 18.9 Å². The predicted octanol–water partition coefficient (Wildman–Crippen LogP) is 5.41. The fourth-order valence-electron chi connectivity index (χ4n) is 4.00. The zero-order chi connectivity index (χ0) is 23.6. The summed E-state index contributed by atoms with van der Waals surface area (Å²) in [5.74, 6) is -3.42. The number of rotatable bonds is 5. The van der Waals surface area contributed by atoms with Crippen molar-refractivity contribution >= 4 is 34.2 Å². The summed E-state index contributed by atoms with van der Waals surface area (Å²) < 4.78 is 5.03. The number of carbonyl (C=O) groups is 3. The molecule has 32 heavy (non-hydrogen) atoms. The standard InChI is InChI=1S/C25H29NO5S/c1-14-19(15-10-12-16(13-11-15)25(2,3)4)20(24(30)31-5)22(32-14)26-21(27)17-8-6-7-9-18(17)23(28)29/h6-7,10-13,17-18H,8-9H2,1-5H3,(H,26,27)(H,28,29)/t17-,18+/m1/s1. The highest BCUT2D eigenvalue weighted by Gasteiger charge is 2.35. The number of ether oxygens (including phenoxy) is 1. The van der Waals surface area contributed by atoms with Gasteiger partial charge in [0.2, 0.25) is 5.91 Å². The van der Waals surface area contributed by atoms with Gasteiger partial charge in [0.1, 0.15) is 10.6 Å². The summed E-state index contributed by atoms with van der Waals surface area (Å²) in [6.45, 7) is 8.30. The Morgan fingerprint density at radius 1 is 1.06 bits per heavy atom. The first-order valence-corrected chi connectivity index (χ1v) is 11.4. The maximum Gasteiger partial charge on any atom is 0.341 e. The van der Waals surface area contributed by atoms with Crippen molar-refractivity contribution in [3.05, 3.63) is 52.4 Å². The number of aryl methyl sites for hydroxylation is 1. The predicted molar refractivity (Wildman–Crippen MR) is 126 cm³/mol. The monoisotopic (exact) mass is 455 g/mol. The number of carbonyl (C=O) groups excluding carboxylic acids is 2. The summed E-state index contributed by atoms with van der Waals surface area (Å²) in [5.41, 5.74) is 3.05. The van der Waals surface area contributed by atoms with E-state index >= 15 is 0 Å². The molecule has 0 unspecified atom stereocenters. The minimum atomic E-state index is -0.996. The quantitative estimate of drug-likeness (QED) is 0.464. The van der Waals surface area contributed by atoms with Crippen molar-refractivity contribution in [2.75, 3.05) is 12.4 Å². The molecule has 0 radical (unpaired) electrons. The molecule has 1 aliphatic rings. The maximum atomic E-state index is 13.0. The number of nitrogens with one attached hydrogen (secondary N) is 1. The lowest BCUT2D eigenvalue weighted by Crippen LogP contribution is -2.34. The summed E-state index contributed by atoms with van der Waals surface area (Å²) >= 11 is 1.29. The highest BCUT2D eigenvalue weighted by molar-refractivity contribution is 7.17. The van der Waals surface area contributed by atoms with Crippen LogP contribution in [0.25, 0.3) is 11.1 Å². The Labute approximate surface area is 192 Å². The minimum Gasteiger partial charge on any atom is -0.481 e. The summed E-state index contributed by atoms with van der Waals surface area (Å²) in [5, 5.41) is 12.7. The molecule has 3 rings (SSSR count). The molecule has 0 spiro atoms. The van der Waals surface area contributed by atoms with E-state index in [-0.39, 0.29) is 5.41 Å². The number of hydrogen-bond acceptors (Lipinski definition) is 5. The molecule has 2 atom stereocenters. The highest BCUT2D eigenvalue weighted by atomic mass is 32.1. The number of methoxy groups -OCH3 is 1. The van der Waals surface area contributed by atoms with Crippen molar-refractivity contribution in [1.29, 1.82) is 0 Å². The molecule has 0 bridgehead atoms. The lowest BCUT2D eigenvalue weighted by atomic mass is 9.82. The van der Waals surface area contributed by atoms with Crippen LogP contribution in [0.15, 0.2) is 36.4 Å². The third-order valence-electron chi connectivity index (χ3n) is 5.84. The van der Waals surface area contributed by atoms with Crippen LogP contribution < -0.4 is 5.32 Å². The molecule has 1 aromatic heterocycles. The molecular weight excluding hydrogens is 426 g/mol. The SMILES string of the molecule is COC(=O)c1c(NC(=O)[C@@H]2CC=CC[C@@H]2C(=O)O)sc(C)c1-c1ccc(C(C)(C)C)cc1. The zero-order valence-corrected chi connectivity index (χ0v) is 19.8. The number of esters is 1. The number of amides is 1. The van der Waals surface area contributed by atoms with Crippen LogP contribution in [0.3, 0.4) is 0 Å². The molecule has 6 nitrogen and oxygen atoms in total. The van der Waals surface area contributed by atoms with Crippen molar-refractivity contribution in [2.45, 2.75) is 46.0 Å². The number of anilines is 1. The van der Waals surface area contributed by atoms with E-state index in [0.717, 1.165) is 16.0 Å². The minimum absolute atomic E-state index is 0.00165. The molecule has 1 aliphatic carbocycles. The number of allylic oxidation sites excluding steroid dienone is 2. The van der Waals surface area contributed by atoms with Gasteiger partial charge in [-0.15, -0.1) is 11.3 Å². The van der Waals surface area contributed by atoms with Crippen molar-refractivity contribution in [3.8, 4) is 11.1 Å². The average Bonchev–Trinajstić information content (AvgIpc) is 3.08. The van der Waals surface area contributed by atoms with Crippen molar-refractivity contribution in [3.63, 3.8) is 0 Å². The number of benzene rings is 1. The molecule has 0 aliphatic heterocycles. The Hall–Kier alpha value is -2.93. The molecule has 2 aromatic rings. The van der Waals surface area contributed by atoms with Crippen LogP contribution >= 0.6 is 11.3 Å². The van der Waals surface area contributed by atoms with Crippen LogP contribution in [-0.4, -0.2) is 30.1 Å². The number of carboxylic acids is 1. The lowest BCUT2D eigenvalue weighted by Gasteiger charge is -2.24. The second-order valence-corrected chi connectivity index (χ2v) is 10.3. The van der Waals surface area contributed by atoms with Crippen LogP contribution in [0, 0.1) is 18.8 Å². The van der Waals surface area contributed by atoms with Crippen molar-refractivity contribution in [2.24, 2.45) is 11.8 Å². The van der Waals surface area contributed by atoms with Gasteiger partial charge in [0, 0.05) is 10.4 Å². The normalized spacial score (nSPS) is 18.3. The van der Waals surface area contributed by atoms with Gasteiger partial charge in [0.15, 0.2) is 0 Å². The van der Waals surface area contributed by atoms with Crippen LogP contribution in [0.4, 0.5) is 5.00 Å². The van der Waals surface area contributed by atoms with E-state index in [1.165, 1.54) is 24.0 Å². The summed E-state index contributed by atoms with van der Waals surface area (Å²) in [6.07, 6.45) is 4.28. The van der Waals surface area contributed by atoms with Gasteiger partial charge < -0.3 is 15.2 Å². The Bertz CT molecular complexity index is 1060. The third-order valence-corrected chi connectivity index (χ3v) is 6.86. The molecule has 1 heterocycles. The topological polar surface area (TPSA) is 92.7 Å². The molecular formula is C25H29NO5S. The first-order valence-electron chi connectivity index (χ1n) is 10.6. The second-order valence-electron chi connectivity index (χ2n) is 9.04. The van der Waals surface area contributed by atoms with E-state index in [9.17, 15) is 19.5 Å². The molecule has 0 saturated carbocycles. The zero-order valence-electron chi connectivity index (χ0n) is 19.0. The van der Waals surface area contributed by atoms with Crippen molar-refractivity contribution in [1.82, 2.24) is 0 Å². The van der Waals surface area contributed by atoms with E-state index in [1.807, 2.05) is 37.3 Å². The molecule has 0 fully saturated rings. The van der Waals surface area contributed by atoms with Crippen LogP contribution in [-0.2, 0) is 19.7 Å². The van der Waals surface area contributed by atoms with Crippen LogP contribution in [0.1, 0.15) is 54.4 Å². The fourth-order valence-corrected chi connectivity index (χ4v) is 5.06. The first kappa shape index (κ1) is 23.7. The fraction of sp³-hybridized carbons (Fsp3) is 0.400. The van der Waals surface area contributed by atoms with Gasteiger partial charge in [-0.3, -0.25) is 9.59 Å². The number of thiophene rings is 1. The van der Waals surface area contributed by atoms with Gasteiger partial charge in [-0.1, -0.05) is 57.2 Å². The Kier molecular flexibility index (Phi) is 6.88. The van der Waals surface area contributed by atoms with Gasteiger partial charge in [-0.2, -0.15) is 0 Å². The molecule has 170 valence electrons. The van der Waals surface area contributed by atoms with E-state index < -0.39 is 29.7 Å². The molecule has 1 aromatic carbocycles. The molecule has 2 N–H and O–H groups in total. The molecule has 1 amide bonds. The smallest absolute Gasteiger partial charge is 0.341 e. The Morgan fingerprint density at radius 3 is 2.19 bits per heavy atom. The van der Waals surface area contributed by atoms with E-state index in [2.05, 4.69) is 26.1 Å². The Morgan fingerprint density at radius 2 is 1.66 bits per heavy atom. The van der Waals surface area contributed by atoms with Gasteiger partial charge >= 0.3 is 11.9 Å². The Balaban J connectivity index is 1.99. The first-order chi connectivity index (χ1) is 15.0. The molecule has 7 heteroatoms. The van der Waals surface area contributed by atoms with E-state index in [4.69, 9.17) is 4.74 Å². The lowest BCUT2D eigenvalue weighted by molar-refractivity contribution is -0.146. The average molecular weight is 456 g/mol. The number of aliphatic carboxylic acids is 1. The van der Waals surface area contributed by atoms with Crippen LogP contribution in [0.5, 0.6) is 0 Å². The van der Waals surface area contributed by atoms with E-state index in [0.29, 0.717) is 23.4 Å². The second kappa shape index (κ2) is 9.28. The summed E-state index contributed by atoms with van der Waals surface area (Å²) in [4.78, 5) is 38.2. The largest absolute Gasteiger partial charge is 0.481 e. The van der Waals surface area contributed by atoms with Gasteiger partial charge in [0.25, 0.3) is 0 Å². The highest BCUT2D eigenvalue weighted by Crippen LogP contribution is 2.41. The third kappa shape index (κ3) is 4.78. The maximum absolute atomic E-state index is 13.0. The van der Waals surface area contributed by atoms with Crippen molar-refractivity contribution < 1.29 is 24.2 Å². The molecule has 0 saturated heterocycles. The number of carboxylic acid groups (broad SMARTS) is 1. The van der Waals surface area contributed by atoms with E-state index in [1.54, 1.807) is 6.08 Å². The number of hydrogen-bond donors (Lipinski definition) is 2. The summed E-state index contributed by atoms with van der Waals surface area (Å²) in [6, 6.07) is 8.02.